The van der Waals surface area contributed by atoms with Gasteiger partial charge < -0.3 is 9.84 Å². The zero-order valence-corrected chi connectivity index (χ0v) is 22.5. The van der Waals surface area contributed by atoms with E-state index in [4.69, 9.17) is 19.8 Å². The van der Waals surface area contributed by atoms with E-state index in [-0.39, 0.29) is 37.6 Å². The molecule has 8 heteroatoms. The number of carboxylic acid groups (broad SMARTS) is 1. The van der Waals surface area contributed by atoms with E-state index in [1.807, 2.05) is 66.7 Å². The Labute approximate surface area is 238 Å². The van der Waals surface area contributed by atoms with Crippen LogP contribution in [0, 0.1) is 0 Å². The molecule has 8 nitrogen and oxygen atoms in total. The molecule has 0 amide bonds. The molecule has 0 unspecified atom stereocenters. The largest absolute Gasteiger partial charge is 0.478 e. The average Bonchev–Trinajstić information content (AvgIpc) is 2.98. The number of carboxylic acids is 1. The number of rotatable bonds is 15. The van der Waals surface area contributed by atoms with Crippen LogP contribution >= 0.6 is 0 Å². The van der Waals surface area contributed by atoms with Gasteiger partial charge in [-0.05, 0) is 58.4 Å². The third-order valence-corrected chi connectivity index (χ3v) is 6.43. The molecular formula is C33H32O8. The van der Waals surface area contributed by atoms with Crippen LogP contribution in [0.2, 0.25) is 0 Å². The lowest BCUT2D eigenvalue weighted by atomic mass is 9.99. The molecule has 0 aliphatic carbocycles. The first-order chi connectivity index (χ1) is 20.0. The second-order valence-electron chi connectivity index (χ2n) is 9.46. The van der Waals surface area contributed by atoms with Crippen molar-refractivity contribution in [3.63, 3.8) is 0 Å². The molecular weight excluding hydrogens is 524 g/mol. The van der Waals surface area contributed by atoms with Crippen molar-refractivity contribution in [3.8, 4) is 0 Å². The summed E-state index contributed by atoms with van der Waals surface area (Å²) in [5.74, 6) is -1.90. The fourth-order valence-corrected chi connectivity index (χ4v) is 4.38. The molecule has 4 aromatic carbocycles. The van der Waals surface area contributed by atoms with Crippen molar-refractivity contribution >= 4 is 11.9 Å². The Morgan fingerprint density at radius 1 is 0.610 bits per heavy atom. The normalized spacial score (nSPS) is 10.9. The Balaban J connectivity index is 1.25. The van der Waals surface area contributed by atoms with Crippen molar-refractivity contribution in [1.82, 2.24) is 0 Å². The standard InChI is InChI=1S/C33H32O8/c34-32(35)30-15-13-27(19-25-10-5-2-6-11-25)21-31(30)33(36)38-16-7-17-40-41-23-29-20-26(12-14-28(29)22-39-37)18-24-8-3-1-4-9-24/h1-6,8-15,20-21,37H,7,16-19,22-23H2,(H,34,35). The van der Waals surface area contributed by atoms with E-state index in [9.17, 15) is 14.7 Å². The molecule has 0 bridgehead atoms. The Morgan fingerprint density at radius 2 is 1.24 bits per heavy atom. The summed E-state index contributed by atoms with van der Waals surface area (Å²) in [4.78, 5) is 39.4. The fourth-order valence-electron chi connectivity index (χ4n) is 4.38. The molecule has 212 valence electrons. The molecule has 0 fully saturated rings. The quantitative estimate of drug-likeness (QED) is 0.0765. The van der Waals surface area contributed by atoms with Gasteiger partial charge in [0, 0.05) is 6.42 Å². The van der Waals surface area contributed by atoms with Crippen molar-refractivity contribution in [3.05, 3.63) is 142 Å². The van der Waals surface area contributed by atoms with E-state index in [0.717, 1.165) is 34.2 Å². The molecule has 0 aliphatic heterocycles. The Kier molecular flexibility index (Phi) is 11.2. The van der Waals surface area contributed by atoms with E-state index in [2.05, 4.69) is 17.0 Å². The number of carbonyl (C=O) groups is 2. The van der Waals surface area contributed by atoms with Crippen molar-refractivity contribution in [1.29, 1.82) is 0 Å². The van der Waals surface area contributed by atoms with Gasteiger partial charge in [0.15, 0.2) is 0 Å². The summed E-state index contributed by atoms with van der Waals surface area (Å²) in [6.45, 7) is 0.339. The van der Waals surface area contributed by atoms with E-state index in [1.165, 1.54) is 11.6 Å². The minimum atomic E-state index is -1.20. The lowest BCUT2D eigenvalue weighted by molar-refractivity contribution is -0.305. The number of hydrogen-bond acceptors (Lipinski definition) is 7. The molecule has 4 aromatic rings. The van der Waals surface area contributed by atoms with Gasteiger partial charge in [0.2, 0.25) is 0 Å². The molecule has 0 spiro atoms. The SMILES string of the molecule is O=C(O)c1ccc(Cc2ccccc2)cc1C(=O)OCCCOOCc1cc(Cc2ccccc2)ccc1COO. The summed E-state index contributed by atoms with van der Waals surface area (Å²) in [5.41, 5.74) is 5.60. The smallest absolute Gasteiger partial charge is 0.339 e. The van der Waals surface area contributed by atoms with Crippen LogP contribution < -0.4 is 0 Å². The Morgan fingerprint density at radius 3 is 1.88 bits per heavy atom. The van der Waals surface area contributed by atoms with Gasteiger partial charge in [-0.2, -0.15) is 0 Å². The minimum Gasteiger partial charge on any atom is -0.478 e. The maximum atomic E-state index is 12.7. The van der Waals surface area contributed by atoms with Crippen LogP contribution in [0.25, 0.3) is 0 Å². The number of benzene rings is 4. The first-order valence-electron chi connectivity index (χ1n) is 13.3. The van der Waals surface area contributed by atoms with Gasteiger partial charge in [-0.25, -0.2) is 24.3 Å². The zero-order valence-electron chi connectivity index (χ0n) is 22.5. The van der Waals surface area contributed by atoms with E-state index < -0.39 is 11.9 Å². The molecule has 0 aliphatic rings. The number of hydrogen-bond donors (Lipinski definition) is 2. The summed E-state index contributed by atoms with van der Waals surface area (Å²) < 4.78 is 5.33. The Bertz CT molecular complexity index is 1420. The first kappa shape index (κ1) is 29.6. The van der Waals surface area contributed by atoms with Gasteiger partial charge in [0.05, 0.1) is 24.3 Å². The van der Waals surface area contributed by atoms with Crippen LogP contribution in [0.15, 0.2) is 97.1 Å². The molecule has 0 radical (unpaired) electrons. The van der Waals surface area contributed by atoms with Gasteiger partial charge in [0.1, 0.15) is 13.2 Å². The second-order valence-corrected chi connectivity index (χ2v) is 9.46. The molecule has 0 heterocycles. The Hall–Kier alpha value is -4.34. The number of esters is 1. The highest BCUT2D eigenvalue weighted by molar-refractivity contribution is 6.02. The topological polar surface area (TPSA) is 112 Å². The molecule has 41 heavy (non-hydrogen) atoms. The lowest BCUT2D eigenvalue weighted by Gasteiger charge is -2.12. The van der Waals surface area contributed by atoms with Crippen LogP contribution in [0.3, 0.4) is 0 Å². The summed E-state index contributed by atoms with van der Waals surface area (Å²) >= 11 is 0. The summed E-state index contributed by atoms with van der Waals surface area (Å²) in [7, 11) is 0. The molecule has 0 saturated heterocycles. The number of carbonyl (C=O) groups excluding carboxylic acids is 1. The van der Waals surface area contributed by atoms with Crippen molar-refractivity contribution < 1.29 is 39.4 Å². The van der Waals surface area contributed by atoms with Crippen molar-refractivity contribution in [2.24, 2.45) is 0 Å². The summed E-state index contributed by atoms with van der Waals surface area (Å²) in [5, 5.41) is 18.5. The van der Waals surface area contributed by atoms with Gasteiger partial charge in [-0.15, -0.1) is 0 Å². The molecule has 0 saturated carbocycles. The van der Waals surface area contributed by atoms with Crippen LogP contribution in [0.4, 0.5) is 0 Å². The lowest BCUT2D eigenvalue weighted by Crippen LogP contribution is -2.14. The predicted octanol–water partition coefficient (Wildman–Crippen LogP) is 6.25. The van der Waals surface area contributed by atoms with E-state index in [0.29, 0.717) is 12.8 Å². The molecule has 0 atom stereocenters. The molecule has 4 rings (SSSR count). The summed E-state index contributed by atoms with van der Waals surface area (Å²) in [6.07, 6.45) is 1.66. The van der Waals surface area contributed by atoms with Crippen LogP contribution in [-0.4, -0.2) is 35.5 Å². The second kappa shape index (κ2) is 15.4. The maximum Gasteiger partial charge on any atom is 0.339 e. The zero-order chi connectivity index (χ0) is 28.9. The average molecular weight is 557 g/mol. The molecule has 2 N–H and O–H groups in total. The predicted molar refractivity (Wildman–Crippen MR) is 151 cm³/mol. The summed E-state index contributed by atoms with van der Waals surface area (Å²) in [6, 6.07) is 30.3. The molecule has 0 aromatic heterocycles. The number of aromatic carboxylic acids is 1. The van der Waals surface area contributed by atoms with Crippen molar-refractivity contribution in [2.45, 2.75) is 32.5 Å². The highest BCUT2D eigenvalue weighted by atomic mass is 17.2. The minimum absolute atomic E-state index is 0.0112. The van der Waals surface area contributed by atoms with Crippen molar-refractivity contribution in [2.75, 3.05) is 13.2 Å². The monoisotopic (exact) mass is 556 g/mol. The third-order valence-electron chi connectivity index (χ3n) is 6.43. The highest BCUT2D eigenvalue weighted by Gasteiger charge is 2.18. The van der Waals surface area contributed by atoms with Gasteiger partial charge in [0.25, 0.3) is 0 Å². The number of ether oxygens (including phenoxy) is 1. The van der Waals surface area contributed by atoms with Gasteiger partial charge >= 0.3 is 11.9 Å². The first-order valence-corrected chi connectivity index (χ1v) is 13.3. The van der Waals surface area contributed by atoms with Crippen LogP contribution in [0.5, 0.6) is 0 Å². The third kappa shape index (κ3) is 9.09. The fraction of sp³-hybridized carbons (Fsp3) is 0.212. The van der Waals surface area contributed by atoms with Crippen LogP contribution in [-0.2, 0) is 45.5 Å². The van der Waals surface area contributed by atoms with Crippen LogP contribution in [0.1, 0.15) is 60.5 Å². The van der Waals surface area contributed by atoms with E-state index in [1.54, 1.807) is 12.1 Å². The van der Waals surface area contributed by atoms with Gasteiger partial charge in [-0.1, -0.05) is 84.9 Å². The van der Waals surface area contributed by atoms with Gasteiger partial charge in [-0.3, -0.25) is 5.26 Å². The van der Waals surface area contributed by atoms with E-state index >= 15 is 0 Å². The highest BCUT2D eigenvalue weighted by Crippen LogP contribution is 2.19. The maximum absolute atomic E-state index is 12.7.